The third-order valence-electron chi connectivity index (χ3n) is 3.78. The number of nitrogens with two attached hydrogens (primary N) is 1. The van der Waals surface area contributed by atoms with Crippen LogP contribution in [0.5, 0.6) is 5.75 Å². The van der Waals surface area contributed by atoms with Gasteiger partial charge in [0.25, 0.3) is 0 Å². The second-order valence-electron chi connectivity index (χ2n) is 5.83. The number of thiocarbonyl (C=S) groups is 1. The van der Waals surface area contributed by atoms with Crippen molar-refractivity contribution in [1.82, 2.24) is 4.90 Å². The highest BCUT2D eigenvalue weighted by Crippen LogP contribution is 2.29. The van der Waals surface area contributed by atoms with Crippen LogP contribution in [0.4, 0.5) is 0 Å². The molecule has 3 nitrogen and oxygen atoms in total. The molecule has 0 unspecified atom stereocenters. The Kier molecular flexibility index (Phi) is 6.46. The lowest BCUT2D eigenvalue weighted by molar-refractivity contribution is 0.227. The summed E-state index contributed by atoms with van der Waals surface area (Å²) in [5, 5.41) is 0. The predicted molar refractivity (Wildman–Crippen MR) is 91.9 cm³/mol. The van der Waals surface area contributed by atoms with E-state index in [1.54, 1.807) is 0 Å². The first-order valence-electron chi connectivity index (χ1n) is 7.94. The first-order valence-corrected chi connectivity index (χ1v) is 8.35. The van der Waals surface area contributed by atoms with Crippen molar-refractivity contribution in [2.24, 2.45) is 11.7 Å². The smallest absolute Gasteiger partial charge is 0.119 e. The van der Waals surface area contributed by atoms with Crippen LogP contribution < -0.4 is 10.5 Å². The maximum absolute atomic E-state index is 5.78. The molecule has 4 heteroatoms. The number of hydrogen-bond acceptors (Lipinski definition) is 3. The van der Waals surface area contributed by atoms with Crippen molar-refractivity contribution in [3.63, 3.8) is 0 Å². The monoisotopic (exact) mass is 306 g/mol. The van der Waals surface area contributed by atoms with Gasteiger partial charge in [0.15, 0.2) is 0 Å². The zero-order valence-electron chi connectivity index (χ0n) is 12.9. The van der Waals surface area contributed by atoms with Gasteiger partial charge in [-0.05, 0) is 62.4 Å². The van der Waals surface area contributed by atoms with E-state index in [1.807, 2.05) is 24.3 Å². The topological polar surface area (TPSA) is 38.5 Å². The van der Waals surface area contributed by atoms with Crippen molar-refractivity contribution in [2.45, 2.75) is 32.6 Å². The summed E-state index contributed by atoms with van der Waals surface area (Å²) in [6.07, 6.45) is 5.15. The van der Waals surface area contributed by atoms with Gasteiger partial charge in [0.1, 0.15) is 10.7 Å². The van der Waals surface area contributed by atoms with Gasteiger partial charge in [-0.2, -0.15) is 0 Å². The molecule has 1 aromatic rings. The summed E-state index contributed by atoms with van der Waals surface area (Å²) in [5.74, 6) is 1.85. The van der Waals surface area contributed by atoms with Crippen LogP contribution in [-0.2, 0) is 0 Å². The van der Waals surface area contributed by atoms with E-state index in [9.17, 15) is 0 Å². The molecule has 1 aliphatic carbocycles. The molecule has 2 N–H and O–H groups in total. The molecular weight excluding hydrogens is 280 g/mol. The molecule has 0 bridgehead atoms. The molecule has 0 atom stereocenters. The summed E-state index contributed by atoms with van der Waals surface area (Å²) in [6.45, 7) is 6.63. The predicted octanol–water partition coefficient (Wildman–Crippen LogP) is 3.21. The number of benzene rings is 1. The van der Waals surface area contributed by atoms with Crippen LogP contribution in [0.3, 0.4) is 0 Å². The minimum Gasteiger partial charge on any atom is -0.494 e. The van der Waals surface area contributed by atoms with Crippen molar-refractivity contribution in [2.75, 3.05) is 26.2 Å². The van der Waals surface area contributed by atoms with Gasteiger partial charge in [-0.15, -0.1) is 0 Å². The molecule has 116 valence electrons. The van der Waals surface area contributed by atoms with Crippen LogP contribution in [0, 0.1) is 5.92 Å². The summed E-state index contributed by atoms with van der Waals surface area (Å²) in [5.41, 5.74) is 6.46. The second kappa shape index (κ2) is 8.35. The van der Waals surface area contributed by atoms with Crippen LogP contribution in [0.2, 0.25) is 0 Å². The fraction of sp³-hybridized carbons (Fsp3) is 0.588. The number of hydrogen-bond donors (Lipinski definition) is 1. The zero-order chi connectivity index (χ0) is 15.1. The van der Waals surface area contributed by atoms with Crippen molar-refractivity contribution in [3.8, 4) is 5.75 Å². The van der Waals surface area contributed by atoms with Crippen LogP contribution in [0.25, 0.3) is 0 Å². The molecule has 0 saturated heterocycles. The van der Waals surface area contributed by atoms with E-state index in [-0.39, 0.29) is 0 Å². The van der Waals surface area contributed by atoms with E-state index in [4.69, 9.17) is 22.7 Å². The van der Waals surface area contributed by atoms with Gasteiger partial charge in [0.05, 0.1) is 6.61 Å². The van der Waals surface area contributed by atoms with Crippen molar-refractivity contribution >= 4 is 17.2 Å². The van der Waals surface area contributed by atoms with Gasteiger partial charge >= 0.3 is 0 Å². The molecular formula is C17H26N2OS. The second-order valence-corrected chi connectivity index (χ2v) is 6.27. The van der Waals surface area contributed by atoms with Gasteiger partial charge in [-0.25, -0.2) is 0 Å². The zero-order valence-corrected chi connectivity index (χ0v) is 13.7. The molecule has 1 fully saturated rings. The van der Waals surface area contributed by atoms with Gasteiger partial charge in [0, 0.05) is 18.7 Å². The highest BCUT2D eigenvalue weighted by atomic mass is 32.1. The van der Waals surface area contributed by atoms with E-state index in [0.717, 1.165) is 36.8 Å². The average molecular weight is 306 g/mol. The summed E-state index contributed by atoms with van der Waals surface area (Å²) >= 11 is 4.94. The van der Waals surface area contributed by atoms with E-state index in [0.29, 0.717) is 4.99 Å². The van der Waals surface area contributed by atoms with Gasteiger partial charge < -0.3 is 15.4 Å². The number of rotatable bonds is 10. The average Bonchev–Trinajstić information content (AvgIpc) is 3.28. The van der Waals surface area contributed by atoms with Crippen molar-refractivity contribution in [3.05, 3.63) is 29.8 Å². The van der Waals surface area contributed by atoms with Crippen molar-refractivity contribution in [1.29, 1.82) is 0 Å². The van der Waals surface area contributed by atoms with Crippen LogP contribution in [0.15, 0.2) is 24.3 Å². The largest absolute Gasteiger partial charge is 0.494 e. The number of nitrogens with zero attached hydrogens (tertiary/aromatic N) is 1. The maximum atomic E-state index is 5.78. The fourth-order valence-electron chi connectivity index (χ4n) is 2.47. The Bertz CT molecular complexity index is 443. The molecule has 2 rings (SSSR count). The third kappa shape index (κ3) is 6.02. The first kappa shape index (κ1) is 16.2. The third-order valence-corrected chi connectivity index (χ3v) is 4.02. The Morgan fingerprint density at radius 3 is 2.57 bits per heavy atom. The summed E-state index contributed by atoms with van der Waals surface area (Å²) < 4.78 is 5.78. The molecule has 0 heterocycles. The molecule has 1 aromatic carbocycles. The molecule has 0 amide bonds. The maximum Gasteiger partial charge on any atom is 0.119 e. The highest BCUT2D eigenvalue weighted by Gasteiger charge is 2.23. The van der Waals surface area contributed by atoms with E-state index < -0.39 is 0 Å². The lowest BCUT2D eigenvalue weighted by Crippen LogP contribution is -2.29. The van der Waals surface area contributed by atoms with E-state index in [2.05, 4.69) is 11.8 Å². The van der Waals surface area contributed by atoms with Crippen LogP contribution >= 0.6 is 12.2 Å². The van der Waals surface area contributed by atoms with Gasteiger partial charge in [-0.1, -0.05) is 19.1 Å². The molecule has 1 saturated carbocycles. The van der Waals surface area contributed by atoms with Gasteiger partial charge in [-0.3, -0.25) is 0 Å². The Morgan fingerprint density at radius 1 is 1.29 bits per heavy atom. The first-order chi connectivity index (χ1) is 10.2. The van der Waals surface area contributed by atoms with E-state index in [1.165, 1.54) is 32.4 Å². The van der Waals surface area contributed by atoms with Crippen molar-refractivity contribution < 1.29 is 4.74 Å². The quantitative estimate of drug-likeness (QED) is 0.532. The molecule has 0 radical (unpaired) electrons. The minimum absolute atomic E-state index is 0.428. The number of ether oxygens (including phenoxy) is 1. The van der Waals surface area contributed by atoms with Crippen LogP contribution in [-0.4, -0.2) is 36.1 Å². The SMILES string of the molecule is CCCN(CCCOc1ccc(C(N)=S)cc1)CC1CC1. The van der Waals surface area contributed by atoms with Gasteiger partial charge in [0.2, 0.25) is 0 Å². The molecule has 0 spiro atoms. The molecule has 0 aromatic heterocycles. The molecule has 1 aliphatic rings. The minimum atomic E-state index is 0.428. The highest BCUT2D eigenvalue weighted by molar-refractivity contribution is 7.80. The molecule has 21 heavy (non-hydrogen) atoms. The Balaban J connectivity index is 1.66. The Labute approximate surface area is 133 Å². The standard InChI is InChI=1S/C17H26N2OS/c1-2-10-19(13-14-4-5-14)11-3-12-20-16-8-6-15(7-9-16)17(18)21/h6-9,14H,2-5,10-13H2,1H3,(H2,18,21). The Hall–Kier alpha value is -1.13. The Morgan fingerprint density at radius 2 is 2.00 bits per heavy atom. The van der Waals surface area contributed by atoms with E-state index >= 15 is 0 Å². The summed E-state index contributed by atoms with van der Waals surface area (Å²) in [4.78, 5) is 3.01. The lowest BCUT2D eigenvalue weighted by atomic mass is 10.2. The summed E-state index contributed by atoms with van der Waals surface area (Å²) in [6, 6.07) is 7.69. The lowest BCUT2D eigenvalue weighted by Gasteiger charge is -2.21. The fourth-order valence-corrected chi connectivity index (χ4v) is 2.61. The summed E-state index contributed by atoms with van der Waals surface area (Å²) in [7, 11) is 0. The van der Waals surface area contributed by atoms with Crippen LogP contribution in [0.1, 0.15) is 38.2 Å². The molecule has 0 aliphatic heterocycles. The normalized spacial score (nSPS) is 14.4.